The number of rotatable bonds is 1. The third-order valence-electron chi connectivity index (χ3n) is 1.44. The summed E-state index contributed by atoms with van der Waals surface area (Å²) in [6.07, 6.45) is 0. The summed E-state index contributed by atoms with van der Waals surface area (Å²) in [6.45, 7) is 0. The van der Waals surface area contributed by atoms with Crippen LogP contribution in [-0.2, 0) is 0 Å². The van der Waals surface area contributed by atoms with Gasteiger partial charge in [0.25, 0.3) is 0 Å². The molecule has 8 N–H and O–H groups in total. The lowest BCUT2D eigenvalue weighted by Gasteiger charge is -2.07. The van der Waals surface area contributed by atoms with E-state index in [2.05, 4.69) is 0 Å². The van der Waals surface area contributed by atoms with E-state index in [9.17, 15) is 0 Å². The maximum Gasteiger partial charge on any atom is 0.0854 e. The van der Waals surface area contributed by atoms with Crippen LogP contribution >= 0.6 is 0 Å². The van der Waals surface area contributed by atoms with E-state index in [1.165, 1.54) is 0 Å². The zero-order chi connectivity index (χ0) is 8.43. The minimum atomic E-state index is 0.257. The summed E-state index contributed by atoms with van der Waals surface area (Å²) in [6, 6.07) is 3.10. The van der Waals surface area contributed by atoms with Crippen LogP contribution in [0.2, 0.25) is 0 Å². The molecule has 0 saturated heterocycles. The van der Waals surface area contributed by atoms with Gasteiger partial charge in [-0.2, -0.15) is 0 Å². The topological polar surface area (TPSA) is 110 Å². The van der Waals surface area contributed by atoms with Crippen molar-refractivity contribution in [3.8, 4) is 0 Å². The Balaban J connectivity index is 3.25. The van der Waals surface area contributed by atoms with Crippen LogP contribution < -0.4 is 22.7 Å². The van der Waals surface area contributed by atoms with Gasteiger partial charge < -0.3 is 17.2 Å². The molecule has 0 aliphatic carbocycles. The molecule has 0 aliphatic rings. The highest BCUT2D eigenvalue weighted by Gasteiger charge is 2.03. The average Bonchev–Trinajstić information content (AvgIpc) is 2.01. The van der Waals surface area contributed by atoms with E-state index in [0.717, 1.165) is 0 Å². The highest BCUT2D eigenvalue weighted by molar-refractivity contribution is 5.86. The fourth-order valence-corrected chi connectivity index (χ4v) is 0.751. The third kappa shape index (κ3) is 1.13. The predicted octanol–water partition coefficient (Wildman–Crippen LogP) is 0.234. The lowest BCUT2D eigenvalue weighted by atomic mass is 10.2. The largest absolute Gasteiger partial charge is 0.397 e. The SMILES string of the molecule is Nc1ccc(NO)c(N)c1N. The molecule has 1 aromatic carbocycles. The second-order valence-corrected chi connectivity index (χ2v) is 2.14. The quantitative estimate of drug-likeness (QED) is 0.294. The van der Waals surface area contributed by atoms with E-state index < -0.39 is 0 Å². The number of nitrogens with one attached hydrogen (secondary N) is 1. The first-order valence-electron chi connectivity index (χ1n) is 3.00. The van der Waals surface area contributed by atoms with Crippen molar-refractivity contribution in [3.05, 3.63) is 12.1 Å². The number of benzene rings is 1. The second-order valence-electron chi connectivity index (χ2n) is 2.14. The molecular weight excluding hydrogens is 144 g/mol. The van der Waals surface area contributed by atoms with Crippen molar-refractivity contribution >= 4 is 22.7 Å². The zero-order valence-corrected chi connectivity index (χ0v) is 5.83. The molecule has 0 bridgehead atoms. The van der Waals surface area contributed by atoms with Crippen molar-refractivity contribution in [1.82, 2.24) is 0 Å². The maximum absolute atomic E-state index is 8.51. The van der Waals surface area contributed by atoms with Crippen molar-refractivity contribution < 1.29 is 5.21 Å². The lowest BCUT2D eigenvalue weighted by molar-refractivity contribution is 0.389. The van der Waals surface area contributed by atoms with Gasteiger partial charge in [0.05, 0.1) is 22.7 Å². The van der Waals surface area contributed by atoms with Gasteiger partial charge >= 0.3 is 0 Å². The van der Waals surface area contributed by atoms with E-state index in [1.54, 1.807) is 12.1 Å². The normalized spacial score (nSPS) is 9.55. The Bertz CT molecular complexity index is 274. The first kappa shape index (κ1) is 7.49. The molecule has 0 radical (unpaired) electrons. The average molecular weight is 154 g/mol. The van der Waals surface area contributed by atoms with Gasteiger partial charge in [-0.15, -0.1) is 0 Å². The molecule has 5 heteroatoms. The smallest absolute Gasteiger partial charge is 0.0854 e. The molecule has 0 heterocycles. The van der Waals surface area contributed by atoms with Gasteiger partial charge in [0, 0.05) is 0 Å². The van der Waals surface area contributed by atoms with Gasteiger partial charge in [-0.3, -0.25) is 10.7 Å². The van der Waals surface area contributed by atoms with Crippen LogP contribution in [0.25, 0.3) is 0 Å². The summed E-state index contributed by atoms with van der Waals surface area (Å²) < 4.78 is 0. The van der Waals surface area contributed by atoms with Gasteiger partial charge in [-0.25, -0.2) is 0 Å². The zero-order valence-electron chi connectivity index (χ0n) is 5.83. The Morgan fingerprint density at radius 1 is 1.09 bits per heavy atom. The Morgan fingerprint density at radius 2 is 1.73 bits per heavy atom. The number of nitrogen functional groups attached to an aromatic ring is 3. The molecular formula is C6H10N4O. The highest BCUT2D eigenvalue weighted by Crippen LogP contribution is 2.29. The molecule has 0 amide bonds. The van der Waals surface area contributed by atoms with Crippen LogP contribution in [0.5, 0.6) is 0 Å². The first-order valence-corrected chi connectivity index (χ1v) is 3.00. The van der Waals surface area contributed by atoms with Crippen LogP contribution in [0, 0.1) is 0 Å². The van der Waals surface area contributed by atoms with E-state index in [0.29, 0.717) is 11.4 Å². The van der Waals surface area contributed by atoms with Crippen molar-refractivity contribution in [2.45, 2.75) is 0 Å². The van der Waals surface area contributed by atoms with Crippen molar-refractivity contribution in [2.24, 2.45) is 0 Å². The van der Waals surface area contributed by atoms with Gasteiger partial charge in [-0.05, 0) is 12.1 Å². The van der Waals surface area contributed by atoms with E-state index >= 15 is 0 Å². The Hall–Kier alpha value is -1.62. The van der Waals surface area contributed by atoms with E-state index in [4.69, 9.17) is 22.4 Å². The number of hydrogen-bond donors (Lipinski definition) is 5. The van der Waals surface area contributed by atoms with Crippen LogP contribution in [0.3, 0.4) is 0 Å². The maximum atomic E-state index is 8.51. The van der Waals surface area contributed by atoms with Gasteiger partial charge in [0.1, 0.15) is 0 Å². The number of hydrogen-bond acceptors (Lipinski definition) is 5. The first-order chi connectivity index (χ1) is 5.16. The van der Waals surface area contributed by atoms with Crippen LogP contribution in [-0.4, -0.2) is 5.21 Å². The monoisotopic (exact) mass is 154 g/mol. The van der Waals surface area contributed by atoms with Crippen molar-refractivity contribution in [1.29, 1.82) is 0 Å². The van der Waals surface area contributed by atoms with Gasteiger partial charge in [-0.1, -0.05) is 0 Å². The van der Waals surface area contributed by atoms with E-state index in [1.807, 2.05) is 5.48 Å². The number of nitrogens with two attached hydrogens (primary N) is 3. The third-order valence-corrected chi connectivity index (χ3v) is 1.44. The summed E-state index contributed by atoms with van der Waals surface area (Å²) in [5.74, 6) is 0. The molecule has 0 atom stereocenters. The van der Waals surface area contributed by atoms with Gasteiger partial charge in [0.2, 0.25) is 0 Å². The van der Waals surface area contributed by atoms with Crippen LogP contribution in [0.1, 0.15) is 0 Å². The summed E-state index contributed by atoms with van der Waals surface area (Å²) in [5.41, 5.74) is 19.6. The van der Waals surface area contributed by atoms with Crippen LogP contribution in [0.15, 0.2) is 12.1 Å². The molecule has 0 spiro atoms. The highest BCUT2D eigenvalue weighted by atomic mass is 16.5. The fourth-order valence-electron chi connectivity index (χ4n) is 0.751. The number of anilines is 4. The molecule has 1 aromatic rings. The summed E-state index contributed by atoms with van der Waals surface area (Å²) in [5, 5.41) is 8.51. The fraction of sp³-hybridized carbons (Fsp3) is 0. The molecule has 5 nitrogen and oxygen atoms in total. The Labute approximate surface area is 63.7 Å². The molecule has 0 saturated carbocycles. The molecule has 0 unspecified atom stereocenters. The molecule has 0 aromatic heterocycles. The molecule has 11 heavy (non-hydrogen) atoms. The van der Waals surface area contributed by atoms with Crippen LogP contribution in [0.4, 0.5) is 22.7 Å². The predicted molar refractivity (Wildman–Crippen MR) is 45.1 cm³/mol. The van der Waals surface area contributed by atoms with E-state index in [-0.39, 0.29) is 11.4 Å². The molecule has 0 aliphatic heterocycles. The minimum absolute atomic E-state index is 0.257. The molecule has 0 fully saturated rings. The standard InChI is InChI=1S/C6H10N4O/c7-3-1-2-4(10-11)6(9)5(3)8/h1-2,10-11H,7-9H2. The molecule has 60 valence electrons. The summed E-state index contributed by atoms with van der Waals surface area (Å²) in [7, 11) is 0. The van der Waals surface area contributed by atoms with Crippen molar-refractivity contribution in [2.75, 3.05) is 22.7 Å². The molecule has 1 rings (SSSR count). The van der Waals surface area contributed by atoms with Crippen molar-refractivity contribution in [3.63, 3.8) is 0 Å². The Morgan fingerprint density at radius 3 is 2.27 bits per heavy atom. The summed E-state index contributed by atoms with van der Waals surface area (Å²) >= 11 is 0. The lowest BCUT2D eigenvalue weighted by Crippen LogP contribution is -2.03. The Kier molecular flexibility index (Phi) is 1.74. The summed E-state index contributed by atoms with van der Waals surface area (Å²) in [4.78, 5) is 0. The minimum Gasteiger partial charge on any atom is -0.397 e. The van der Waals surface area contributed by atoms with Gasteiger partial charge in [0.15, 0.2) is 0 Å². The second kappa shape index (κ2) is 2.55.